The molecule has 7 heteroatoms. The van der Waals surface area contributed by atoms with E-state index in [1.807, 2.05) is 78.9 Å². The van der Waals surface area contributed by atoms with Gasteiger partial charge in [0.1, 0.15) is 18.2 Å². The first-order valence-corrected chi connectivity index (χ1v) is 10.1. The molecular formula is C24H18ClN5O. The van der Waals surface area contributed by atoms with Gasteiger partial charge < -0.3 is 10.1 Å². The molecule has 3 heterocycles. The van der Waals surface area contributed by atoms with E-state index >= 15 is 0 Å². The lowest BCUT2D eigenvalue weighted by Crippen LogP contribution is -2.01. The minimum atomic E-state index is 0.355. The second-order valence-electron chi connectivity index (χ2n) is 6.88. The van der Waals surface area contributed by atoms with Crippen LogP contribution in [0.5, 0.6) is 5.75 Å². The first-order chi connectivity index (χ1) is 15.3. The van der Waals surface area contributed by atoms with E-state index in [4.69, 9.17) is 21.4 Å². The van der Waals surface area contributed by atoms with Crippen LogP contribution in [0, 0.1) is 0 Å². The molecule has 0 saturated heterocycles. The van der Waals surface area contributed by atoms with Gasteiger partial charge in [0.25, 0.3) is 0 Å². The van der Waals surface area contributed by atoms with Gasteiger partial charge in [0, 0.05) is 29.7 Å². The zero-order valence-electron chi connectivity index (χ0n) is 16.4. The van der Waals surface area contributed by atoms with Crippen molar-refractivity contribution < 1.29 is 4.74 Å². The molecule has 0 bridgehead atoms. The van der Waals surface area contributed by atoms with E-state index in [1.54, 1.807) is 16.9 Å². The van der Waals surface area contributed by atoms with E-state index < -0.39 is 0 Å². The van der Waals surface area contributed by atoms with E-state index in [1.165, 1.54) is 0 Å². The number of benzene rings is 2. The van der Waals surface area contributed by atoms with Gasteiger partial charge in [0.2, 0.25) is 0 Å². The molecule has 5 aromatic rings. The van der Waals surface area contributed by atoms with Gasteiger partial charge in [-0.25, -0.2) is 4.98 Å². The molecule has 0 aliphatic rings. The summed E-state index contributed by atoms with van der Waals surface area (Å²) in [5.41, 5.74) is 4.31. The predicted octanol–water partition coefficient (Wildman–Crippen LogP) is 5.77. The molecule has 2 aromatic carbocycles. The molecule has 0 aliphatic carbocycles. The van der Waals surface area contributed by atoms with Crippen LogP contribution in [-0.2, 0) is 6.61 Å². The highest BCUT2D eigenvalue weighted by Gasteiger charge is 2.10. The molecule has 1 N–H and O–H groups in total. The van der Waals surface area contributed by atoms with Crippen LogP contribution in [0.2, 0.25) is 5.02 Å². The Kier molecular flexibility index (Phi) is 5.21. The number of nitrogens with one attached hydrogen (secondary N) is 1. The minimum Gasteiger partial charge on any atom is -0.486 e. The summed E-state index contributed by atoms with van der Waals surface area (Å²) in [5, 5.41) is 8.58. The van der Waals surface area contributed by atoms with Crippen LogP contribution in [0.4, 0.5) is 11.5 Å². The number of rotatable bonds is 6. The van der Waals surface area contributed by atoms with E-state index in [9.17, 15) is 0 Å². The van der Waals surface area contributed by atoms with Crippen molar-refractivity contribution in [1.82, 2.24) is 19.6 Å². The number of nitrogens with zero attached hydrogens (tertiary/aromatic N) is 4. The van der Waals surface area contributed by atoms with Gasteiger partial charge in [-0.2, -0.15) is 9.61 Å². The van der Waals surface area contributed by atoms with Crippen molar-refractivity contribution in [2.24, 2.45) is 0 Å². The maximum absolute atomic E-state index is 6.44. The summed E-state index contributed by atoms with van der Waals surface area (Å²) in [6.07, 6.45) is 3.49. The third-order valence-corrected chi connectivity index (χ3v) is 5.03. The number of fused-ring (bicyclic) bond motifs is 1. The van der Waals surface area contributed by atoms with Gasteiger partial charge in [-0.1, -0.05) is 48.0 Å². The molecule has 6 nitrogen and oxygen atoms in total. The van der Waals surface area contributed by atoms with Crippen molar-refractivity contribution in [1.29, 1.82) is 0 Å². The van der Waals surface area contributed by atoms with Crippen LogP contribution in [0.25, 0.3) is 16.9 Å². The predicted molar refractivity (Wildman–Crippen MR) is 122 cm³/mol. The molecule has 0 unspecified atom stereocenters. The van der Waals surface area contributed by atoms with Gasteiger partial charge in [-0.3, -0.25) is 4.98 Å². The van der Waals surface area contributed by atoms with E-state index in [0.29, 0.717) is 17.4 Å². The van der Waals surface area contributed by atoms with E-state index in [0.717, 1.165) is 34.1 Å². The van der Waals surface area contributed by atoms with Crippen molar-refractivity contribution >= 4 is 28.8 Å². The zero-order valence-corrected chi connectivity index (χ0v) is 17.2. The Morgan fingerprint density at radius 2 is 1.74 bits per heavy atom. The minimum absolute atomic E-state index is 0.355. The summed E-state index contributed by atoms with van der Waals surface area (Å²) in [6, 6.07) is 25.1. The van der Waals surface area contributed by atoms with Crippen LogP contribution in [-0.4, -0.2) is 19.6 Å². The average molecular weight is 428 g/mol. The number of pyridine rings is 1. The van der Waals surface area contributed by atoms with Crippen molar-refractivity contribution in [2.75, 3.05) is 5.32 Å². The van der Waals surface area contributed by atoms with Gasteiger partial charge in [-0.15, -0.1) is 0 Å². The van der Waals surface area contributed by atoms with Crippen LogP contribution < -0.4 is 10.1 Å². The van der Waals surface area contributed by atoms with Crippen LogP contribution in [0.3, 0.4) is 0 Å². The van der Waals surface area contributed by atoms with Gasteiger partial charge in [0.05, 0.1) is 16.4 Å². The van der Waals surface area contributed by atoms with Crippen molar-refractivity contribution in [3.8, 4) is 17.0 Å². The number of halogens is 1. The molecule has 0 spiro atoms. The maximum Gasteiger partial charge on any atom is 0.157 e. The Bertz CT molecular complexity index is 1320. The topological polar surface area (TPSA) is 64.3 Å². The van der Waals surface area contributed by atoms with Crippen molar-refractivity contribution in [2.45, 2.75) is 6.61 Å². The van der Waals surface area contributed by atoms with Gasteiger partial charge in [0.15, 0.2) is 5.65 Å². The highest BCUT2D eigenvalue weighted by atomic mass is 35.5. The Hall–Kier alpha value is -3.90. The third kappa shape index (κ3) is 4.20. The van der Waals surface area contributed by atoms with Crippen LogP contribution in [0.15, 0.2) is 91.3 Å². The molecule has 0 aliphatic heterocycles. The first-order valence-electron chi connectivity index (χ1n) is 9.76. The second kappa shape index (κ2) is 8.45. The normalized spacial score (nSPS) is 10.9. The third-order valence-electron chi connectivity index (χ3n) is 4.73. The van der Waals surface area contributed by atoms with Gasteiger partial charge >= 0.3 is 0 Å². The Balaban J connectivity index is 1.37. The molecule has 31 heavy (non-hydrogen) atoms. The average Bonchev–Trinajstić information content (AvgIpc) is 3.25. The molecule has 0 radical (unpaired) electrons. The monoisotopic (exact) mass is 427 g/mol. The van der Waals surface area contributed by atoms with E-state index in [2.05, 4.69) is 15.3 Å². The Morgan fingerprint density at radius 3 is 2.55 bits per heavy atom. The zero-order chi connectivity index (χ0) is 21.0. The number of anilines is 2. The lowest BCUT2D eigenvalue weighted by Gasteiger charge is -2.11. The SMILES string of the molecule is Clc1cc(Nc2ccnc3cc(-c4ccccc4)nn23)ccc1OCc1ccccn1. The lowest BCUT2D eigenvalue weighted by molar-refractivity contribution is 0.301. The molecule has 0 fully saturated rings. The molecular weight excluding hydrogens is 410 g/mol. The number of ether oxygens (including phenoxy) is 1. The largest absolute Gasteiger partial charge is 0.486 e. The fraction of sp³-hybridized carbons (Fsp3) is 0.0417. The molecule has 0 atom stereocenters. The smallest absolute Gasteiger partial charge is 0.157 e. The highest BCUT2D eigenvalue weighted by molar-refractivity contribution is 6.32. The first kappa shape index (κ1) is 19.1. The summed E-state index contributed by atoms with van der Waals surface area (Å²) in [4.78, 5) is 8.68. The number of aromatic nitrogens is 4. The fourth-order valence-corrected chi connectivity index (χ4v) is 3.45. The lowest BCUT2D eigenvalue weighted by atomic mass is 10.2. The standard InChI is InChI=1S/C24H18ClN5O/c25-20-14-18(9-10-22(20)31-16-19-8-4-5-12-26-19)28-23-11-13-27-24-15-21(29-30(23)24)17-6-2-1-3-7-17/h1-15,28H,16H2. The van der Waals surface area contributed by atoms with Crippen LogP contribution >= 0.6 is 11.6 Å². The van der Waals surface area contributed by atoms with Crippen LogP contribution in [0.1, 0.15) is 5.69 Å². The Morgan fingerprint density at radius 1 is 0.871 bits per heavy atom. The molecule has 5 rings (SSSR count). The van der Waals surface area contributed by atoms with Crippen molar-refractivity contribution in [3.63, 3.8) is 0 Å². The van der Waals surface area contributed by atoms with E-state index in [-0.39, 0.29) is 0 Å². The van der Waals surface area contributed by atoms with Gasteiger partial charge in [-0.05, 0) is 36.4 Å². The van der Waals surface area contributed by atoms with Crippen molar-refractivity contribution in [3.05, 3.63) is 102 Å². The maximum atomic E-state index is 6.44. The summed E-state index contributed by atoms with van der Waals surface area (Å²) in [5.74, 6) is 1.38. The molecule has 0 saturated carbocycles. The fourth-order valence-electron chi connectivity index (χ4n) is 3.22. The molecule has 152 valence electrons. The quantitative estimate of drug-likeness (QED) is 0.373. The summed E-state index contributed by atoms with van der Waals surface area (Å²) in [7, 11) is 0. The highest BCUT2D eigenvalue weighted by Crippen LogP contribution is 2.30. The number of hydrogen-bond donors (Lipinski definition) is 1. The Labute approximate surface area is 184 Å². The summed E-state index contributed by atoms with van der Waals surface area (Å²) in [6.45, 7) is 0.355. The summed E-state index contributed by atoms with van der Waals surface area (Å²) >= 11 is 6.44. The molecule has 0 amide bonds. The summed E-state index contributed by atoms with van der Waals surface area (Å²) < 4.78 is 7.58. The molecule has 3 aromatic heterocycles. The number of hydrogen-bond acceptors (Lipinski definition) is 5. The second-order valence-corrected chi connectivity index (χ2v) is 7.28.